The molecule has 5 heteroatoms. The molecular formula is C17H19ClN2O2. The van der Waals surface area contributed by atoms with E-state index in [9.17, 15) is 4.79 Å². The van der Waals surface area contributed by atoms with Gasteiger partial charge < -0.3 is 10.1 Å². The number of halogens is 1. The smallest absolute Gasteiger partial charge is 0.310 e. The molecule has 0 bridgehead atoms. The number of hydrogen-bond donors (Lipinski definition) is 1. The summed E-state index contributed by atoms with van der Waals surface area (Å²) >= 11 is 6.13. The lowest BCUT2D eigenvalue weighted by molar-refractivity contribution is -0.145. The van der Waals surface area contributed by atoms with Gasteiger partial charge >= 0.3 is 5.97 Å². The van der Waals surface area contributed by atoms with Gasteiger partial charge in [-0.2, -0.15) is 0 Å². The maximum Gasteiger partial charge on any atom is 0.310 e. The zero-order valence-corrected chi connectivity index (χ0v) is 13.4. The topological polar surface area (TPSA) is 51.2 Å². The molecule has 2 aromatic rings. The van der Waals surface area contributed by atoms with E-state index in [1.807, 2.05) is 43.3 Å². The van der Waals surface area contributed by atoms with Crippen molar-refractivity contribution in [3.05, 3.63) is 64.9 Å². The van der Waals surface area contributed by atoms with E-state index in [1.165, 1.54) is 7.11 Å². The van der Waals surface area contributed by atoms with Crippen LogP contribution in [0.15, 0.2) is 48.8 Å². The summed E-state index contributed by atoms with van der Waals surface area (Å²) in [6, 6.07) is 11.5. The Labute approximate surface area is 135 Å². The lowest BCUT2D eigenvalue weighted by atomic mass is 9.94. The molecule has 0 saturated heterocycles. The Morgan fingerprint density at radius 3 is 2.68 bits per heavy atom. The number of ether oxygens (including phenoxy) is 1. The predicted octanol–water partition coefficient (Wildman–Crippen LogP) is 3.38. The molecule has 1 N–H and O–H groups in total. The number of esters is 1. The minimum absolute atomic E-state index is 0.155. The minimum Gasteiger partial charge on any atom is -0.469 e. The van der Waals surface area contributed by atoms with Crippen molar-refractivity contribution in [3.63, 3.8) is 0 Å². The van der Waals surface area contributed by atoms with Crippen molar-refractivity contribution in [3.8, 4) is 0 Å². The van der Waals surface area contributed by atoms with Gasteiger partial charge in [-0.25, -0.2) is 0 Å². The Bertz CT molecular complexity index is 619. The number of hydrogen-bond acceptors (Lipinski definition) is 4. The molecule has 0 unspecified atom stereocenters. The molecule has 0 aliphatic rings. The summed E-state index contributed by atoms with van der Waals surface area (Å²) in [7, 11) is 1.40. The van der Waals surface area contributed by atoms with Crippen molar-refractivity contribution in [2.24, 2.45) is 5.92 Å². The molecule has 0 fully saturated rings. The fraction of sp³-hybridized carbons (Fsp3) is 0.294. The first-order valence-electron chi connectivity index (χ1n) is 7.08. The number of rotatable bonds is 6. The van der Waals surface area contributed by atoms with E-state index in [0.29, 0.717) is 11.6 Å². The number of aromatic nitrogens is 1. The maximum atomic E-state index is 11.9. The first-order chi connectivity index (χ1) is 10.6. The summed E-state index contributed by atoms with van der Waals surface area (Å²) in [5.74, 6) is -0.560. The van der Waals surface area contributed by atoms with Crippen molar-refractivity contribution in [2.75, 3.05) is 7.11 Å². The predicted molar refractivity (Wildman–Crippen MR) is 86.4 cm³/mol. The van der Waals surface area contributed by atoms with Gasteiger partial charge in [0.15, 0.2) is 0 Å². The molecule has 1 heterocycles. The molecule has 1 aromatic heterocycles. The molecule has 0 radical (unpaired) electrons. The van der Waals surface area contributed by atoms with Crippen molar-refractivity contribution in [1.82, 2.24) is 10.3 Å². The van der Waals surface area contributed by atoms with Gasteiger partial charge in [-0.1, -0.05) is 48.9 Å². The van der Waals surface area contributed by atoms with Gasteiger partial charge in [0.05, 0.1) is 18.1 Å². The normalized spacial score (nSPS) is 13.4. The Hall–Kier alpha value is -1.91. The van der Waals surface area contributed by atoms with Crippen LogP contribution in [0.1, 0.15) is 24.1 Å². The number of nitrogens with one attached hydrogen (secondary N) is 1. The van der Waals surface area contributed by atoms with E-state index >= 15 is 0 Å². The number of nitrogens with zero attached hydrogens (tertiary/aromatic N) is 1. The van der Waals surface area contributed by atoms with Crippen LogP contribution in [-0.2, 0) is 16.1 Å². The summed E-state index contributed by atoms with van der Waals surface area (Å²) in [6.07, 6.45) is 3.31. The average Bonchev–Trinajstić information content (AvgIpc) is 2.56. The van der Waals surface area contributed by atoms with E-state index in [0.717, 1.165) is 11.1 Å². The number of carbonyl (C=O) groups excluding carboxylic acids is 1. The van der Waals surface area contributed by atoms with Gasteiger partial charge in [0.2, 0.25) is 0 Å². The summed E-state index contributed by atoms with van der Waals surface area (Å²) < 4.78 is 4.88. The second-order valence-electron chi connectivity index (χ2n) is 5.05. The summed E-state index contributed by atoms with van der Waals surface area (Å²) in [5, 5.41) is 4.00. The van der Waals surface area contributed by atoms with E-state index in [4.69, 9.17) is 16.3 Å². The fourth-order valence-electron chi connectivity index (χ4n) is 2.33. The van der Waals surface area contributed by atoms with Crippen molar-refractivity contribution in [2.45, 2.75) is 19.5 Å². The van der Waals surface area contributed by atoms with Crippen LogP contribution in [0.5, 0.6) is 0 Å². The minimum atomic E-state index is -0.312. The molecule has 2 rings (SSSR count). The summed E-state index contributed by atoms with van der Waals surface area (Å²) in [4.78, 5) is 15.9. The highest BCUT2D eigenvalue weighted by molar-refractivity contribution is 6.31. The number of pyridine rings is 1. The molecular weight excluding hydrogens is 300 g/mol. The van der Waals surface area contributed by atoms with Crippen molar-refractivity contribution >= 4 is 17.6 Å². The second-order valence-corrected chi connectivity index (χ2v) is 5.46. The molecule has 22 heavy (non-hydrogen) atoms. The Kier molecular flexibility index (Phi) is 5.92. The van der Waals surface area contributed by atoms with Crippen molar-refractivity contribution in [1.29, 1.82) is 0 Å². The molecule has 2 atom stereocenters. The molecule has 0 saturated carbocycles. The van der Waals surface area contributed by atoms with Gasteiger partial charge in [0.1, 0.15) is 0 Å². The third-order valence-corrected chi connectivity index (χ3v) is 3.94. The Morgan fingerprint density at radius 1 is 1.32 bits per heavy atom. The summed E-state index contributed by atoms with van der Waals surface area (Å²) in [5.41, 5.74) is 1.97. The highest BCUT2D eigenvalue weighted by Crippen LogP contribution is 2.24. The number of carbonyl (C=O) groups is 1. The lowest BCUT2D eigenvalue weighted by Gasteiger charge is -2.24. The molecule has 4 nitrogen and oxygen atoms in total. The molecule has 0 amide bonds. The van der Waals surface area contributed by atoms with Crippen LogP contribution in [0, 0.1) is 5.92 Å². The average molecular weight is 319 g/mol. The third-order valence-electron chi connectivity index (χ3n) is 3.60. The lowest BCUT2D eigenvalue weighted by Crippen LogP contribution is -2.31. The van der Waals surface area contributed by atoms with Gasteiger partial charge in [-0.15, -0.1) is 0 Å². The van der Waals surface area contributed by atoms with Crippen LogP contribution in [0.2, 0.25) is 5.02 Å². The molecule has 0 aliphatic heterocycles. The van der Waals surface area contributed by atoms with Gasteiger partial charge in [0.25, 0.3) is 0 Å². The second kappa shape index (κ2) is 7.92. The standard InChI is InChI=1S/C17H19ClN2O2/c1-12(17(21)22-2)16(13-6-4-3-5-7-13)20-10-14-8-9-19-11-15(14)18/h3-9,11-12,16,20H,10H2,1-2H3/t12-,16+/m0/s1. The van der Waals surface area contributed by atoms with Crippen LogP contribution >= 0.6 is 11.6 Å². The van der Waals surface area contributed by atoms with E-state index in [2.05, 4.69) is 10.3 Å². The van der Waals surface area contributed by atoms with E-state index < -0.39 is 0 Å². The third kappa shape index (κ3) is 4.06. The zero-order valence-electron chi connectivity index (χ0n) is 12.6. The van der Waals surface area contributed by atoms with E-state index in [-0.39, 0.29) is 17.9 Å². The van der Waals surface area contributed by atoms with Crippen molar-refractivity contribution < 1.29 is 9.53 Å². The number of benzene rings is 1. The molecule has 116 valence electrons. The molecule has 0 aliphatic carbocycles. The van der Waals surface area contributed by atoms with Gasteiger partial charge in [0, 0.05) is 25.0 Å². The zero-order chi connectivity index (χ0) is 15.9. The first kappa shape index (κ1) is 16.5. The largest absolute Gasteiger partial charge is 0.469 e. The summed E-state index contributed by atoms with van der Waals surface area (Å²) in [6.45, 7) is 2.40. The van der Waals surface area contributed by atoms with Crippen LogP contribution in [0.25, 0.3) is 0 Å². The SMILES string of the molecule is COC(=O)[C@@H](C)[C@@H](NCc1ccncc1Cl)c1ccccc1. The highest BCUT2D eigenvalue weighted by atomic mass is 35.5. The fourth-order valence-corrected chi connectivity index (χ4v) is 2.52. The Morgan fingerprint density at radius 2 is 2.05 bits per heavy atom. The van der Waals surface area contributed by atoms with E-state index in [1.54, 1.807) is 12.4 Å². The monoisotopic (exact) mass is 318 g/mol. The van der Waals surface area contributed by atoms with Crippen LogP contribution in [0.4, 0.5) is 0 Å². The molecule has 0 spiro atoms. The van der Waals surface area contributed by atoms with Gasteiger partial charge in [-0.05, 0) is 17.2 Å². The van der Waals surface area contributed by atoms with Crippen LogP contribution < -0.4 is 5.32 Å². The van der Waals surface area contributed by atoms with Gasteiger partial charge in [-0.3, -0.25) is 9.78 Å². The maximum absolute atomic E-state index is 11.9. The quantitative estimate of drug-likeness (QED) is 0.830. The van der Waals surface area contributed by atoms with Crippen LogP contribution in [0.3, 0.4) is 0 Å². The Balaban J connectivity index is 2.18. The van der Waals surface area contributed by atoms with Crippen LogP contribution in [-0.4, -0.2) is 18.1 Å². The molecule has 1 aromatic carbocycles. The number of methoxy groups -OCH3 is 1. The first-order valence-corrected chi connectivity index (χ1v) is 7.46. The highest BCUT2D eigenvalue weighted by Gasteiger charge is 2.25.